The number of ether oxygens (including phenoxy) is 1. The molecule has 0 radical (unpaired) electrons. The molecule has 122 valence electrons. The second-order valence-electron chi connectivity index (χ2n) is 5.06. The molecule has 1 aromatic carbocycles. The summed E-state index contributed by atoms with van der Waals surface area (Å²) in [7, 11) is 1.26. The van der Waals surface area contributed by atoms with Gasteiger partial charge in [0.2, 0.25) is 0 Å². The lowest BCUT2D eigenvalue weighted by Crippen LogP contribution is -2.23. The summed E-state index contributed by atoms with van der Waals surface area (Å²) in [6.45, 7) is 3.31. The summed E-state index contributed by atoms with van der Waals surface area (Å²) in [6, 6.07) is 4.27. The van der Waals surface area contributed by atoms with Crippen LogP contribution in [0.3, 0.4) is 0 Å². The van der Waals surface area contributed by atoms with Crippen molar-refractivity contribution in [3.05, 3.63) is 33.1 Å². The van der Waals surface area contributed by atoms with Gasteiger partial charge in [-0.25, -0.2) is 0 Å². The average Bonchev–Trinajstić information content (AvgIpc) is 2.83. The summed E-state index contributed by atoms with van der Waals surface area (Å²) in [5.74, 6) is -1.12. The van der Waals surface area contributed by atoms with Crippen LogP contribution in [-0.4, -0.2) is 28.5 Å². The fourth-order valence-corrected chi connectivity index (χ4v) is 2.90. The minimum atomic E-state index is -0.500. The summed E-state index contributed by atoms with van der Waals surface area (Å²) in [5.41, 5.74) is 0.520. The van der Waals surface area contributed by atoms with Gasteiger partial charge in [0.1, 0.15) is 6.54 Å². The van der Waals surface area contributed by atoms with Crippen molar-refractivity contribution >= 4 is 39.1 Å². The number of fused-ring (bicyclic) bond motifs is 1. The lowest BCUT2D eigenvalue weighted by Gasteiger charge is -2.03. The summed E-state index contributed by atoms with van der Waals surface area (Å²) < 4.78 is 6.74. The zero-order valence-electron chi connectivity index (χ0n) is 12.8. The van der Waals surface area contributed by atoms with Crippen LogP contribution >= 0.6 is 11.3 Å². The summed E-state index contributed by atoms with van der Waals surface area (Å²) in [6.07, 6.45) is 0. The van der Waals surface area contributed by atoms with Gasteiger partial charge in [-0.05, 0) is 6.07 Å². The van der Waals surface area contributed by atoms with Crippen LogP contribution in [0, 0.1) is 16.0 Å². The van der Waals surface area contributed by atoms with Crippen molar-refractivity contribution in [3.63, 3.8) is 0 Å². The maximum Gasteiger partial charge on any atom is 0.325 e. The van der Waals surface area contributed by atoms with Crippen molar-refractivity contribution in [1.29, 1.82) is 0 Å². The quantitative estimate of drug-likeness (QED) is 0.481. The molecule has 0 bridgehead atoms. The second kappa shape index (κ2) is 6.69. The first-order valence-electron chi connectivity index (χ1n) is 6.76. The van der Waals surface area contributed by atoms with Crippen molar-refractivity contribution in [1.82, 2.24) is 4.57 Å². The molecule has 0 fully saturated rings. The Morgan fingerprint density at radius 3 is 2.70 bits per heavy atom. The van der Waals surface area contributed by atoms with E-state index in [0.29, 0.717) is 15.0 Å². The van der Waals surface area contributed by atoms with E-state index in [1.165, 1.54) is 29.9 Å². The predicted molar refractivity (Wildman–Crippen MR) is 83.9 cm³/mol. The second-order valence-corrected chi connectivity index (χ2v) is 6.07. The minimum Gasteiger partial charge on any atom is -0.468 e. The molecular formula is C14H15N3O5S. The number of nitro groups is 1. The molecule has 0 aliphatic carbocycles. The number of amides is 1. The van der Waals surface area contributed by atoms with Crippen molar-refractivity contribution < 1.29 is 19.2 Å². The van der Waals surface area contributed by atoms with Crippen LogP contribution in [0.5, 0.6) is 0 Å². The van der Waals surface area contributed by atoms with E-state index in [2.05, 4.69) is 9.73 Å². The third-order valence-electron chi connectivity index (χ3n) is 3.09. The topological polar surface area (TPSA) is 104 Å². The fourth-order valence-electron chi connectivity index (χ4n) is 1.83. The molecule has 0 N–H and O–H groups in total. The Morgan fingerprint density at radius 2 is 2.13 bits per heavy atom. The Morgan fingerprint density at radius 1 is 1.43 bits per heavy atom. The number of nitro benzene ring substituents is 1. The molecule has 9 heteroatoms. The molecule has 0 unspecified atom stereocenters. The molecule has 0 saturated heterocycles. The lowest BCUT2D eigenvalue weighted by molar-refractivity contribution is -0.384. The highest BCUT2D eigenvalue weighted by Gasteiger charge is 2.15. The Hall–Kier alpha value is -2.55. The summed E-state index contributed by atoms with van der Waals surface area (Å²) in [5, 5.41) is 10.9. The zero-order valence-corrected chi connectivity index (χ0v) is 13.6. The zero-order chi connectivity index (χ0) is 17.1. The first kappa shape index (κ1) is 16.8. The Kier molecular flexibility index (Phi) is 4.89. The number of esters is 1. The first-order chi connectivity index (χ1) is 10.8. The van der Waals surface area contributed by atoms with E-state index in [1.807, 2.05) is 0 Å². The number of nitrogens with zero attached hydrogens (tertiary/aromatic N) is 3. The van der Waals surface area contributed by atoms with E-state index in [1.54, 1.807) is 13.8 Å². The molecule has 0 aliphatic rings. The van der Waals surface area contributed by atoms with Crippen molar-refractivity contribution in [2.24, 2.45) is 10.9 Å². The number of benzene rings is 1. The van der Waals surface area contributed by atoms with Crippen molar-refractivity contribution in [3.8, 4) is 0 Å². The predicted octanol–water partition coefficient (Wildman–Crippen LogP) is 1.87. The third-order valence-corrected chi connectivity index (χ3v) is 4.13. The number of carbonyl (C=O) groups is 2. The lowest BCUT2D eigenvalue weighted by atomic mass is 10.2. The van der Waals surface area contributed by atoms with E-state index in [9.17, 15) is 19.7 Å². The number of methoxy groups -OCH3 is 1. The van der Waals surface area contributed by atoms with Gasteiger partial charge in [-0.15, -0.1) is 0 Å². The van der Waals surface area contributed by atoms with E-state index in [-0.39, 0.29) is 24.1 Å². The Labute approximate surface area is 135 Å². The third kappa shape index (κ3) is 3.62. The van der Waals surface area contributed by atoms with E-state index in [4.69, 9.17) is 0 Å². The molecule has 0 atom stereocenters. The Bertz CT molecular complexity index is 850. The normalized spacial score (nSPS) is 11.9. The molecule has 1 heterocycles. The van der Waals surface area contributed by atoms with Gasteiger partial charge in [-0.1, -0.05) is 25.2 Å². The molecule has 23 heavy (non-hydrogen) atoms. The average molecular weight is 337 g/mol. The molecule has 8 nitrogen and oxygen atoms in total. The maximum absolute atomic E-state index is 11.9. The van der Waals surface area contributed by atoms with Gasteiger partial charge >= 0.3 is 5.97 Å². The van der Waals surface area contributed by atoms with E-state index >= 15 is 0 Å². The van der Waals surface area contributed by atoms with Crippen LogP contribution < -0.4 is 4.80 Å². The highest BCUT2D eigenvalue weighted by atomic mass is 32.1. The van der Waals surface area contributed by atoms with Gasteiger partial charge in [-0.2, -0.15) is 4.99 Å². The number of aromatic nitrogens is 1. The summed E-state index contributed by atoms with van der Waals surface area (Å²) in [4.78, 5) is 38.2. The van der Waals surface area contributed by atoms with Crippen LogP contribution in [0.4, 0.5) is 5.69 Å². The van der Waals surface area contributed by atoms with Crippen LogP contribution in [0.1, 0.15) is 13.8 Å². The molecular weight excluding hydrogens is 322 g/mol. The molecule has 1 aromatic heterocycles. The van der Waals surface area contributed by atoms with Crippen LogP contribution in [0.15, 0.2) is 23.2 Å². The number of hydrogen-bond acceptors (Lipinski definition) is 6. The monoisotopic (exact) mass is 337 g/mol. The van der Waals surface area contributed by atoms with Gasteiger partial charge < -0.3 is 9.30 Å². The number of non-ortho nitro benzene ring substituents is 1. The van der Waals surface area contributed by atoms with Gasteiger partial charge in [0.25, 0.3) is 11.6 Å². The van der Waals surface area contributed by atoms with Gasteiger partial charge in [0, 0.05) is 18.1 Å². The fraction of sp³-hybridized carbons (Fsp3) is 0.357. The van der Waals surface area contributed by atoms with Crippen molar-refractivity contribution in [2.75, 3.05) is 7.11 Å². The molecule has 1 amide bonds. The van der Waals surface area contributed by atoms with E-state index < -0.39 is 10.9 Å². The highest BCUT2D eigenvalue weighted by molar-refractivity contribution is 7.16. The number of rotatable bonds is 4. The van der Waals surface area contributed by atoms with Gasteiger partial charge in [-0.3, -0.25) is 19.7 Å². The van der Waals surface area contributed by atoms with Crippen LogP contribution in [0.25, 0.3) is 10.2 Å². The number of hydrogen-bond donors (Lipinski definition) is 0. The highest BCUT2D eigenvalue weighted by Crippen LogP contribution is 2.23. The molecule has 0 saturated carbocycles. The Balaban J connectivity index is 2.68. The van der Waals surface area contributed by atoms with Crippen molar-refractivity contribution in [2.45, 2.75) is 20.4 Å². The first-order valence-corrected chi connectivity index (χ1v) is 7.58. The molecule has 2 aromatic rings. The largest absolute Gasteiger partial charge is 0.468 e. The minimum absolute atomic E-state index is 0.0642. The molecule has 2 rings (SSSR count). The van der Waals surface area contributed by atoms with E-state index in [0.717, 1.165) is 11.3 Å². The van der Waals surface area contributed by atoms with Gasteiger partial charge in [0.15, 0.2) is 4.80 Å². The molecule has 0 aliphatic heterocycles. The van der Waals surface area contributed by atoms with Crippen LogP contribution in [-0.2, 0) is 20.9 Å². The maximum atomic E-state index is 11.9. The molecule has 0 spiro atoms. The summed E-state index contributed by atoms with van der Waals surface area (Å²) >= 11 is 1.12. The standard InChI is InChI=1S/C14H15N3O5S/c1-8(2)13(19)15-14-16(7-12(18)22-3)10-5-4-9(17(20)21)6-11(10)23-14/h4-6,8H,7H2,1-3H3. The number of thiazole rings is 1. The SMILES string of the molecule is COC(=O)Cn1c(=NC(=O)C(C)C)sc2cc([N+](=O)[O-])ccc21. The van der Waals surface area contributed by atoms with Crippen LogP contribution in [0.2, 0.25) is 0 Å². The smallest absolute Gasteiger partial charge is 0.325 e. The van der Waals surface area contributed by atoms with Gasteiger partial charge in [0.05, 0.1) is 22.2 Å². The number of carbonyl (C=O) groups excluding carboxylic acids is 2.